The fraction of sp³-hybridized carbons (Fsp3) is 0.273. The number of ketones is 1. The number of nitrogens with two attached hydrogens (primary N) is 1. The van der Waals surface area contributed by atoms with Gasteiger partial charge < -0.3 is 5.73 Å². The molecule has 4 rings (SSSR count). The topological polar surface area (TPSA) is 113 Å². The van der Waals surface area contributed by atoms with Crippen LogP contribution in [-0.2, 0) is 4.79 Å². The van der Waals surface area contributed by atoms with E-state index in [0.717, 1.165) is 10.6 Å². The molecule has 1 unspecified atom stereocenters. The Balaban J connectivity index is 1.95. The fourth-order valence-corrected chi connectivity index (χ4v) is 5.11. The van der Waals surface area contributed by atoms with Crippen LogP contribution >= 0.6 is 11.3 Å². The number of nitriles is 1. The number of anilines is 1. The molecule has 0 radical (unpaired) electrons. The molecule has 0 amide bonds. The van der Waals surface area contributed by atoms with Gasteiger partial charge in [-0.05, 0) is 35.4 Å². The molecule has 7 nitrogen and oxygen atoms in total. The van der Waals surface area contributed by atoms with Crippen LogP contribution in [0.2, 0.25) is 0 Å². The molecule has 0 fully saturated rings. The lowest BCUT2D eigenvalue weighted by Crippen LogP contribution is -2.42. The normalized spacial score (nSPS) is 20.8. The number of carbonyl (C=O) groups is 1. The first-order chi connectivity index (χ1) is 14.2. The van der Waals surface area contributed by atoms with E-state index in [-0.39, 0.29) is 22.7 Å². The highest BCUT2D eigenvalue weighted by atomic mass is 32.1. The van der Waals surface area contributed by atoms with Gasteiger partial charge in [-0.3, -0.25) is 19.8 Å². The molecular weight excluding hydrogens is 400 g/mol. The number of rotatable bonds is 3. The zero-order valence-electron chi connectivity index (χ0n) is 16.6. The highest BCUT2D eigenvalue weighted by Gasteiger charge is 2.45. The van der Waals surface area contributed by atoms with Gasteiger partial charge in [0.05, 0.1) is 22.5 Å². The van der Waals surface area contributed by atoms with Crippen LogP contribution in [0.4, 0.5) is 11.4 Å². The first-order valence-corrected chi connectivity index (χ1v) is 10.4. The summed E-state index contributed by atoms with van der Waals surface area (Å²) in [4.78, 5) is 26.5. The number of hydrogen-bond acceptors (Lipinski definition) is 7. The predicted molar refractivity (Wildman–Crippen MR) is 115 cm³/mol. The van der Waals surface area contributed by atoms with Gasteiger partial charge in [-0.2, -0.15) is 5.26 Å². The van der Waals surface area contributed by atoms with E-state index in [9.17, 15) is 20.2 Å². The smallest absolute Gasteiger partial charge is 0.269 e. The van der Waals surface area contributed by atoms with Crippen molar-refractivity contribution in [3.05, 3.63) is 79.4 Å². The molecule has 0 bridgehead atoms. The van der Waals surface area contributed by atoms with Crippen molar-refractivity contribution in [2.45, 2.75) is 32.6 Å². The van der Waals surface area contributed by atoms with Gasteiger partial charge in [-0.15, -0.1) is 11.3 Å². The van der Waals surface area contributed by atoms with Gasteiger partial charge in [0.1, 0.15) is 5.82 Å². The molecule has 0 spiro atoms. The number of nitrogens with zero attached hydrogens (tertiary/aromatic N) is 3. The van der Waals surface area contributed by atoms with Crippen LogP contribution in [0.5, 0.6) is 0 Å². The Bertz CT molecular complexity index is 1140. The number of hydrogen-bond donors (Lipinski definition) is 1. The van der Waals surface area contributed by atoms with Crippen molar-refractivity contribution in [1.82, 2.24) is 0 Å². The number of thiophene rings is 1. The Morgan fingerprint density at radius 1 is 1.27 bits per heavy atom. The van der Waals surface area contributed by atoms with Crippen LogP contribution in [0.15, 0.2) is 64.4 Å². The molecule has 2 N–H and O–H groups in total. The van der Waals surface area contributed by atoms with Crippen molar-refractivity contribution < 1.29 is 9.72 Å². The molecule has 1 aliphatic heterocycles. The summed E-state index contributed by atoms with van der Waals surface area (Å²) in [6.45, 7) is 4.06. The van der Waals surface area contributed by atoms with Crippen LogP contribution in [-0.4, -0.2) is 10.7 Å². The van der Waals surface area contributed by atoms with Crippen LogP contribution in [0.1, 0.15) is 37.5 Å². The van der Waals surface area contributed by atoms with Gasteiger partial charge in [-0.1, -0.05) is 19.9 Å². The summed E-state index contributed by atoms with van der Waals surface area (Å²) in [5.41, 5.74) is 8.48. The third-order valence-corrected chi connectivity index (χ3v) is 6.46. The summed E-state index contributed by atoms with van der Waals surface area (Å²) in [5, 5.41) is 22.9. The molecule has 152 valence electrons. The molecule has 1 aliphatic carbocycles. The number of nitro benzene ring substituents is 1. The van der Waals surface area contributed by atoms with E-state index in [1.165, 1.54) is 23.5 Å². The number of Topliss-reactive ketones (excluding diaryl/α,β-unsaturated/α-hetero) is 1. The average Bonchev–Trinajstić information content (AvgIpc) is 3.20. The summed E-state index contributed by atoms with van der Waals surface area (Å²) in [6, 6.07) is 12.0. The number of allylic oxidation sites excluding steroid dienone is 3. The Kier molecular flexibility index (Phi) is 4.71. The summed E-state index contributed by atoms with van der Waals surface area (Å²) in [6.07, 6.45) is 0.993. The van der Waals surface area contributed by atoms with Gasteiger partial charge >= 0.3 is 0 Å². The van der Waals surface area contributed by atoms with Crippen LogP contribution in [0, 0.1) is 26.9 Å². The Labute approximate surface area is 177 Å². The highest BCUT2D eigenvalue weighted by Crippen LogP contribution is 2.50. The Morgan fingerprint density at radius 2 is 1.97 bits per heavy atom. The van der Waals surface area contributed by atoms with Crippen molar-refractivity contribution in [2.24, 2.45) is 11.1 Å². The number of carbonyl (C=O) groups excluding carboxylic acids is 1. The summed E-state index contributed by atoms with van der Waals surface area (Å²) >= 11 is 1.49. The van der Waals surface area contributed by atoms with Crippen LogP contribution in [0.25, 0.3) is 0 Å². The molecule has 30 heavy (non-hydrogen) atoms. The zero-order valence-corrected chi connectivity index (χ0v) is 17.4. The van der Waals surface area contributed by atoms with E-state index >= 15 is 0 Å². The molecule has 0 saturated heterocycles. The first-order valence-electron chi connectivity index (χ1n) is 9.47. The minimum Gasteiger partial charge on any atom is -0.384 e. The summed E-state index contributed by atoms with van der Waals surface area (Å²) in [5.74, 6) is -0.219. The van der Waals surface area contributed by atoms with Crippen molar-refractivity contribution in [3.63, 3.8) is 0 Å². The lowest BCUT2D eigenvalue weighted by Gasteiger charge is -2.43. The molecule has 2 aliphatic rings. The fourth-order valence-electron chi connectivity index (χ4n) is 4.27. The summed E-state index contributed by atoms with van der Waals surface area (Å²) < 4.78 is 0. The van der Waals surface area contributed by atoms with Crippen molar-refractivity contribution in [1.29, 1.82) is 5.26 Å². The van der Waals surface area contributed by atoms with E-state index in [4.69, 9.17) is 5.73 Å². The third-order valence-electron chi connectivity index (χ3n) is 5.53. The maximum Gasteiger partial charge on any atom is 0.269 e. The lowest BCUT2D eigenvalue weighted by molar-refractivity contribution is -0.384. The number of nitro groups is 1. The second-order valence-electron chi connectivity index (χ2n) is 8.27. The second kappa shape index (κ2) is 7.11. The molecular formula is C22H20N4O3S. The molecule has 1 atom stereocenters. The maximum absolute atomic E-state index is 13.3. The standard InChI is InChI=1S/C22H20N4O3S/c1-22(2)10-16-20(17(27)11-22)19(18-4-3-9-30-18)15(12-23)21(24)25(16)13-5-7-14(8-6-13)26(28)29/h3-9,19H,10-11,24H2,1-2H3. The molecule has 1 aromatic carbocycles. The zero-order chi connectivity index (χ0) is 21.6. The van der Waals surface area contributed by atoms with Gasteiger partial charge in [-0.25, -0.2) is 0 Å². The minimum absolute atomic E-state index is 0.00631. The monoisotopic (exact) mass is 420 g/mol. The average molecular weight is 420 g/mol. The number of benzene rings is 1. The van der Waals surface area contributed by atoms with Crippen molar-refractivity contribution in [3.8, 4) is 6.07 Å². The van der Waals surface area contributed by atoms with Gasteiger partial charge in [0.25, 0.3) is 5.69 Å². The Morgan fingerprint density at radius 3 is 2.53 bits per heavy atom. The number of non-ortho nitro benzene ring substituents is 1. The molecule has 2 aromatic rings. The maximum atomic E-state index is 13.3. The SMILES string of the molecule is CC1(C)CC(=O)C2=C(C1)N(c1ccc([N+](=O)[O-])cc1)C(N)=C(C#N)C2c1cccs1. The van der Waals surface area contributed by atoms with E-state index in [1.807, 2.05) is 31.4 Å². The van der Waals surface area contributed by atoms with Crippen LogP contribution < -0.4 is 10.6 Å². The van der Waals surface area contributed by atoms with E-state index in [1.54, 1.807) is 17.0 Å². The molecule has 2 heterocycles. The lowest BCUT2D eigenvalue weighted by atomic mass is 9.69. The van der Waals surface area contributed by atoms with Crippen LogP contribution in [0.3, 0.4) is 0 Å². The third kappa shape index (κ3) is 3.17. The van der Waals surface area contributed by atoms with Crippen molar-refractivity contribution in [2.75, 3.05) is 4.90 Å². The van der Waals surface area contributed by atoms with E-state index < -0.39 is 10.8 Å². The predicted octanol–water partition coefficient (Wildman–Crippen LogP) is 4.60. The quantitative estimate of drug-likeness (QED) is 0.573. The second-order valence-corrected chi connectivity index (χ2v) is 9.25. The highest BCUT2D eigenvalue weighted by molar-refractivity contribution is 7.10. The first kappa shape index (κ1) is 19.9. The van der Waals surface area contributed by atoms with E-state index in [2.05, 4.69) is 6.07 Å². The molecule has 1 aromatic heterocycles. The summed E-state index contributed by atoms with van der Waals surface area (Å²) in [7, 11) is 0. The minimum atomic E-state index is -0.483. The van der Waals surface area contributed by atoms with Gasteiger partial charge in [0.2, 0.25) is 0 Å². The van der Waals surface area contributed by atoms with E-state index in [0.29, 0.717) is 29.7 Å². The largest absolute Gasteiger partial charge is 0.384 e. The van der Waals surface area contributed by atoms with Gasteiger partial charge in [0.15, 0.2) is 5.78 Å². The Hall–Kier alpha value is -3.44. The van der Waals surface area contributed by atoms with Crippen molar-refractivity contribution >= 4 is 28.5 Å². The van der Waals surface area contributed by atoms with Gasteiger partial charge in [0, 0.05) is 40.4 Å². The molecule has 0 saturated carbocycles. The molecule has 8 heteroatoms.